The third-order valence-corrected chi connectivity index (χ3v) is 1.22. The number of carbonyl (C=O) groups excluding carboxylic acids is 2. The Morgan fingerprint density at radius 2 is 1.83 bits per heavy atom. The number of hydrazine groups is 1. The van der Waals surface area contributed by atoms with Crippen molar-refractivity contribution in [3.8, 4) is 0 Å². The molecule has 0 saturated carbocycles. The van der Waals surface area contributed by atoms with E-state index in [-0.39, 0.29) is 11.8 Å². The first-order valence-electron chi connectivity index (χ1n) is 3.81. The Morgan fingerprint density at radius 3 is 2.25 bits per heavy atom. The Morgan fingerprint density at radius 1 is 1.25 bits per heavy atom. The van der Waals surface area contributed by atoms with Crippen LogP contribution in [0.25, 0.3) is 0 Å². The molecule has 0 aliphatic rings. The van der Waals surface area contributed by atoms with E-state index < -0.39 is 0 Å². The van der Waals surface area contributed by atoms with Crippen LogP contribution in [0, 0.1) is 0 Å². The normalized spacial score (nSPS) is 10.8. The zero-order valence-electron chi connectivity index (χ0n) is 7.60. The first kappa shape index (κ1) is 10.7. The van der Waals surface area contributed by atoms with E-state index in [9.17, 15) is 9.59 Å². The van der Waals surface area contributed by atoms with E-state index in [4.69, 9.17) is 0 Å². The molecule has 0 rings (SSSR count). The predicted octanol–water partition coefficient (Wildman–Crippen LogP) is 0.510. The molecular formula is C8H14N2O2. The van der Waals surface area contributed by atoms with E-state index in [2.05, 4.69) is 10.9 Å². The van der Waals surface area contributed by atoms with Gasteiger partial charge in [-0.25, -0.2) is 0 Å². The summed E-state index contributed by atoms with van der Waals surface area (Å²) in [7, 11) is 0. The van der Waals surface area contributed by atoms with Gasteiger partial charge in [-0.2, -0.15) is 0 Å². The van der Waals surface area contributed by atoms with Crippen molar-refractivity contribution in [2.75, 3.05) is 0 Å². The molecule has 0 radical (unpaired) electrons. The fraction of sp³-hybridized carbons (Fsp3) is 0.500. The van der Waals surface area contributed by atoms with Gasteiger partial charge in [0.15, 0.2) is 0 Å². The summed E-state index contributed by atoms with van der Waals surface area (Å²) in [5.41, 5.74) is 5.07. The molecule has 68 valence electrons. The highest BCUT2D eigenvalue weighted by molar-refractivity contribution is 5.93. The third kappa shape index (κ3) is 4.49. The third-order valence-electron chi connectivity index (χ3n) is 1.22. The molecule has 0 aromatic rings. The highest BCUT2D eigenvalue weighted by Crippen LogP contribution is 1.93. The van der Waals surface area contributed by atoms with Crippen LogP contribution in [0.15, 0.2) is 11.6 Å². The zero-order valence-corrected chi connectivity index (χ0v) is 7.60. The van der Waals surface area contributed by atoms with E-state index in [0.717, 1.165) is 6.42 Å². The highest BCUT2D eigenvalue weighted by Gasteiger charge is 2.01. The number of hydrogen-bond donors (Lipinski definition) is 2. The lowest BCUT2D eigenvalue weighted by molar-refractivity contribution is -0.125. The van der Waals surface area contributed by atoms with Gasteiger partial charge in [0.25, 0.3) is 5.91 Å². The smallest absolute Gasteiger partial charge is 0.264 e. The van der Waals surface area contributed by atoms with Crippen LogP contribution in [-0.2, 0) is 9.59 Å². The van der Waals surface area contributed by atoms with Crippen molar-refractivity contribution in [2.24, 2.45) is 0 Å². The maximum Gasteiger partial charge on any atom is 0.264 e. The average molecular weight is 170 g/mol. The molecule has 4 nitrogen and oxygen atoms in total. The molecule has 0 aliphatic heterocycles. The van der Waals surface area contributed by atoms with Gasteiger partial charge < -0.3 is 0 Å². The largest absolute Gasteiger partial charge is 0.274 e. The topological polar surface area (TPSA) is 58.2 Å². The van der Waals surface area contributed by atoms with Crippen molar-refractivity contribution in [3.63, 3.8) is 0 Å². The molecule has 0 aromatic carbocycles. The first-order chi connectivity index (χ1) is 5.57. The summed E-state index contributed by atoms with van der Waals surface area (Å²) in [6.07, 6.45) is 2.59. The van der Waals surface area contributed by atoms with Crippen molar-refractivity contribution in [1.82, 2.24) is 10.9 Å². The number of amides is 2. The molecule has 0 unspecified atom stereocenters. The number of carbonyl (C=O) groups is 2. The summed E-state index contributed by atoms with van der Waals surface area (Å²) in [4.78, 5) is 21.4. The van der Waals surface area contributed by atoms with Gasteiger partial charge in [-0.3, -0.25) is 20.4 Å². The van der Waals surface area contributed by atoms with Gasteiger partial charge in [0.2, 0.25) is 5.91 Å². The van der Waals surface area contributed by atoms with Gasteiger partial charge >= 0.3 is 0 Å². The van der Waals surface area contributed by atoms with Crippen LogP contribution in [-0.4, -0.2) is 11.8 Å². The molecule has 0 aromatic heterocycles. The molecule has 0 bridgehead atoms. The minimum absolute atomic E-state index is 0.271. The Kier molecular flexibility index (Phi) is 4.76. The maximum atomic E-state index is 11.0. The van der Waals surface area contributed by atoms with Crippen LogP contribution in [0.5, 0.6) is 0 Å². The van der Waals surface area contributed by atoms with E-state index >= 15 is 0 Å². The second-order valence-corrected chi connectivity index (χ2v) is 2.43. The number of allylic oxidation sites excluding steroid dienone is 1. The summed E-state index contributed by atoms with van der Waals surface area (Å²) in [6, 6.07) is 0. The van der Waals surface area contributed by atoms with Crippen molar-refractivity contribution in [3.05, 3.63) is 11.6 Å². The van der Waals surface area contributed by atoms with Gasteiger partial charge in [0, 0.05) is 12.5 Å². The standard InChI is InChI=1S/C8H14N2O2/c1-4-5-6(2)8(12)10-9-7(3)11/h5H,4H2,1-3H3,(H,9,11)(H,10,12)/b6-5-. The molecule has 0 fully saturated rings. The SMILES string of the molecule is CC/C=C(/C)C(=O)NNC(C)=O. The second kappa shape index (κ2) is 5.35. The second-order valence-electron chi connectivity index (χ2n) is 2.43. The van der Waals surface area contributed by atoms with Crippen LogP contribution in [0.2, 0.25) is 0 Å². The van der Waals surface area contributed by atoms with Crippen LogP contribution in [0.1, 0.15) is 27.2 Å². The fourth-order valence-corrected chi connectivity index (χ4v) is 0.642. The maximum absolute atomic E-state index is 11.0. The van der Waals surface area contributed by atoms with E-state index in [1.807, 2.05) is 6.92 Å². The van der Waals surface area contributed by atoms with Gasteiger partial charge in [-0.15, -0.1) is 0 Å². The quantitative estimate of drug-likeness (QED) is 0.468. The summed E-state index contributed by atoms with van der Waals surface area (Å²) >= 11 is 0. The Bertz CT molecular complexity index is 209. The van der Waals surface area contributed by atoms with Gasteiger partial charge in [0.1, 0.15) is 0 Å². The highest BCUT2D eigenvalue weighted by atomic mass is 16.2. The zero-order chi connectivity index (χ0) is 9.56. The van der Waals surface area contributed by atoms with Crippen molar-refractivity contribution in [2.45, 2.75) is 27.2 Å². The van der Waals surface area contributed by atoms with Crippen molar-refractivity contribution in [1.29, 1.82) is 0 Å². The van der Waals surface area contributed by atoms with Gasteiger partial charge in [-0.05, 0) is 13.3 Å². The van der Waals surface area contributed by atoms with Gasteiger partial charge in [0.05, 0.1) is 0 Å². The van der Waals surface area contributed by atoms with Crippen LogP contribution < -0.4 is 10.9 Å². The summed E-state index contributed by atoms with van der Waals surface area (Å²) in [5.74, 6) is -0.556. The molecule has 0 aliphatic carbocycles. The van der Waals surface area contributed by atoms with Crippen molar-refractivity contribution < 1.29 is 9.59 Å². The van der Waals surface area contributed by atoms with E-state index in [0.29, 0.717) is 5.57 Å². The summed E-state index contributed by atoms with van der Waals surface area (Å²) < 4.78 is 0. The molecule has 2 N–H and O–H groups in total. The minimum Gasteiger partial charge on any atom is -0.274 e. The lowest BCUT2D eigenvalue weighted by atomic mass is 10.2. The number of hydrogen-bond acceptors (Lipinski definition) is 2. The molecular weight excluding hydrogens is 156 g/mol. The minimum atomic E-state index is -0.285. The van der Waals surface area contributed by atoms with Crippen LogP contribution in [0.4, 0.5) is 0 Å². The molecule has 0 spiro atoms. The molecule has 0 heterocycles. The lowest BCUT2D eigenvalue weighted by Crippen LogP contribution is -2.40. The van der Waals surface area contributed by atoms with Crippen LogP contribution in [0.3, 0.4) is 0 Å². The molecule has 0 saturated heterocycles. The molecule has 4 heteroatoms. The average Bonchev–Trinajstić information content (AvgIpc) is 2.00. The Balaban J connectivity index is 3.88. The number of nitrogens with one attached hydrogen (secondary N) is 2. The first-order valence-corrected chi connectivity index (χ1v) is 3.81. The predicted molar refractivity (Wildman–Crippen MR) is 46.0 cm³/mol. The Hall–Kier alpha value is -1.32. The van der Waals surface area contributed by atoms with E-state index in [1.54, 1.807) is 13.0 Å². The van der Waals surface area contributed by atoms with Gasteiger partial charge in [-0.1, -0.05) is 13.0 Å². The lowest BCUT2D eigenvalue weighted by Gasteiger charge is -2.04. The van der Waals surface area contributed by atoms with Crippen LogP contribution >= 0.6 is 0 Å². The van der Waals surface area contributed by atoms with E-state index in [1.165, 1.54) is 6.92 Å². The molecule has 0 atom stereocenters. The summed E-state index contributed by atoms with van der Waals surface area (Å²) in [5, 5.41) is 0. The monoisotopic (exact) mass is 170 g/mol. The number of rotatable bonds is 2. The molecule has 12 heavy (non-hydrogen) atoms. The summed E-state index contributed by atoms with van der Waals surface area (Å²) in [6.45, 7) is 4.97. The van der Waals surface area contributed by atoms with Crippen molar-refractivity contribution >= 4 is 11.8 Å². The molecule has 2 amide bonds. The Labute approximate surface area is 72.0 Å². The fourth-order valence-electron chi connectivity index (χ4n) is 0.642.